The molecule has 80 valence electrons. The molecule has 0 aromatic carbocycles. The van der Waals surface area contributed by atoms with Gasteiger partial charge in [-0.25, -0.2) is 0 Å². The van der Waals surface area contributed by atoms with Gasteiger partial charge in [0.2, 0.25) is 0 Å². The van der Waals surface area contributed by atoms with E-state index in [1.54, 1.807) is 6.92 Å². The lowest BCUT2D eigenvalue weighted by Crippen LogP contribution is -2.19. The molecule has 0 aromatic rings. The third-order valence-electron chi connectivity index (χ3n) is 1.68. The molecule has 0 aromatic heterocycles. The maximum absolute atomic E-state index is 8.92. The maximum atomic E-state index is 8.92. The Balaban J connectivity index is 2.99. The Morgan fingerprint density at radius 3 is 2.46 bits per heavy atom. The number of aliphatic hydroxyl groups excluding tert-OH is 3. The second-order valence-corrected chi connectivity index (χ2v) is 3.26. The highest BCUT2D eigenvalue weighted by Crippen LogP contribution is 2.00. The van der Waals surface area contributed by atoms with E-state index in [0.29, 0.717) is 6.61 Å². The molecule has 0 aliphatic carbocycles. The molecule has 0 amide bonds. The molecule has 0 fully saturated rings. The average Bonchev–Trinajstić information content (AvgIpc) is 2.10. The van der Waals surface area contributed by atoms with Gasteiger partial charge >= 0.3 is 0 Å². The molecule has 3 N–H and O–H groups in total. The number of ether oxygens (including phenoxy) is 1. The Kier molecular flexibility index (Phi) is 8.33. The summed E-state index contributed by atoms with van der Waals surface area (Å²) in [7, 11) is 0. The molecule has 0 rings (SSSR count). The van der Waals surface area contributed by atoms with Gasteiger partial charge in [0.1, 0.15) is 6.10 Å². The van der Waals surface area contributed by atoms with Crippen LogP contribution in [0.3, 0.4) is 0 Å². The van der Waals surface area contributed by atoms with E-state index < -0.39 is 6.10 Å². The lowest BCUT2D eigenvalue weighted by atomic mass is 10.2. The normalized spacial score (nSPS) is 15.7. The number of hydrogen-bond acceptors (Lipinski definition) is 4. The second-order valence-electron chi connectivity index (χ2n) is 3.26. The molecule has 2 unspecified atom stereocenters. The Morgan fingerprint density at radius 1 is 1.23 bits per heavy atom. The molecule has 4 heteroatoms. The second kappa shape index (κ2) is 8.44. The zero-order valence-corrected chi connectivity index (χ0v) is 8.15. The van der Waals surface area contributed by atoms with Crippen LogP contribution in [-0.2, 0) is 4.74 Å². The van der Waals surface area contributed by atoms with Gasteiger partial charge in [0.15, 0.2) is 0 Å². The summed E-state index contributed by atoms with van der Waals surface area (Å²) in [5.74, 6) is 0. The highest BCUT2D eigenvalue weighted by Gasteiger charge is 2.01. The van der Waals surface area contributed by atoms with Crippen LogP contribution in [0.25, 0.3) is 0 Å². The summed E-state index contributed by atoms with van der Waals surface area (Å²) in [4.78, 5) is 0. The van der Waals surface area contributed by atoms with Gasteiger partial charge in [0, 0.05) is 6.61 Å². The maximum Gasteiger partial charge on any atom is 0.100 e. The highest BCUT2D eigenvalue weighted by atomic mass is 16.5. The van der Waals surface area contributed by atoms with Gasteiger partial charge in [-0.3, -0.25) is 0 Å². The lowest BCUT2D eigenvalue weighted by Gasteiger charge is -2.08. The number of hydrogen-bond donors (Lipinski definition) is 3. The lowest BCUT2D eigenvalue weighted by molar-refractivity contribution is 0.00479. The quantitative estimate of drug-likeness (QED) is 0.470. The van der Waals surface area contributed by atoms with E-state index in [0.717, 1.165) is 19.3 Å². The minimum atomic E-state index is -0.767. The fourth-order valence-corrected chi connectivity index (χ4v) is 0.916. The van der Waals surface area contributed by atoms with E-state index in [-0.39, 0.29) is 19.3 Å². The number of aliphatic hydroxyl groups is 3. The van der Waals surface area contributed by atoms with Crippen LogP contribution in [-0.4, -0.2) is 47.3 Å². The van der Waals surface area contributed by atoms with Crippen molar-refractivity contribution in [3.05, 3.63) is 0 Å². The third kappa shape index (κ3) is 9.76. The van der Waals surface area contributed by atoms with Crippen molar-refractivity contribution >= 4 is 0 Å². The number of rotatable bonds is 8. The topological polar surface area (TPSA) is 69.9 Å². The summed E-state index contributed by atoms with van der Waals surface area (Å²) in [6.45, 7) is 2.26. The van der Waals surface area contributed by atoms with Crippen molar-refractivity contribution in [2.24, 2.45) is 0 Å². The molecule has 2 atom stereocenters. The first-order valence-electron chi connectivity index (χ1n) is 4.71. The van der Waals surface area contributed by atoms with Crippen molar-refractivity contribution in [1.82, 2.24) is 0 Å². The predicted molar refractivity (Wildman–Crippen MR) is 49.4 cm³/mol. The molecule has 0 spiro atoms. The van der Waals surface area contributed by atoms with Gasteiger partial charge in [-0.15, -0.1) is 0 Å². The van der Waals surface area contributed by atoms with Crippen molar-refractivity contribution in [2.75, 3.05) is 19.8 Å². The van der Waals surface area contributed by atoms with Gasteiger partial charge in [-0.1, -0.05) is 0 Å². The van der Waals surface area contributed by atoms with Crippen LogP contribution in [0.5, 0.6) is 0 Å². The fraction of sp³-hybridized carbons (Fsp3) is 1.00. The van der Waals surface area contributed by atoms with Crippen LogP contribution in [0.15, 0.2) is 0 Å². The zero-order valence-electron chi connectivity index (χ0n) is 8.15. The molecule has 0 aliphatic rings. The SMILES string of the molecule is CC(O)CCCCOCC(O)CO. The summed E-state index contributed by atoms with van der Waals surface area (Å²) >= 11 is 0. The van der Waals surface area contributed by atoms with E-state index in [4.69, 9.17) is 20.1 Å². The van der Waals surface area contributed by atoms with Gasteiger partial charge in [-0.2, -0.15) is 0 Å². The molecule has 0 radical (unpaired) electrons. The van der Waals surface area contributed by atoms with Gasteiger partial charge in [0.25, 0.3) is 0 Å². The molecule has 0 aliphatic heterocycles. The molecular formula is C9H20O4. The molecule has 0 saturated heterocycles. The molecule has 13 heavy (non-hydrogen) atoms. The first-order chi connectivity index (χ1) is 6.16. The van der Waals surface area contributed by atoms with E-state index in [1.165, 1.54) is 0 Å². The largest absolute Gasteiger partial charge is 0.394 e. The molecule has 0 bridgehead atoms. The zero-order chi connectivity index (χ0) is 10.1. The van der Waals surface area contributed by atoms with Crippen molar-refractivity contribution in [1.29, 1.82) is 0 Å². The Hall–Kier alpha value is -0.160. The van der Waals surface area contributed by atoms with Crippen molar-refractivity contribution in [3.8, 4) is 0 Å². The van der Waals surface area contributed by atoms with Crippen LogP contribution < -0.4 is 0 Å². The van der Waals surface area contributed by atoms with Crippen LogP contribution in [0, 0.1) is 0 Å². The first-order valence-corrected chi connectivity index (χ1v) is 4.71. The fourth-order valence-electron chi connectivity index (χ4n) is 0.916. The van der Waals surface area contributed by atoms with E-state index in [2.05, 4.69) is 0 Å². The Bertz CT molecular complexity index is 106. The van der Waals surface area contributed by atoms with Crippen LogP contribution in [0.1, 0.15) is 26.2 Å². The summed E-state index contributed by atoms with van der Waals surface area (Å²) < 4.78 is 5.08. The standard InChI is InChI=1S/C9H20O4/c1-8(11)4-2-3-5-13-7-9(12)6-10/h8-12H,2-7H2,1H3. The molecule has 0 saturated carbocycles. The smallest absolute Gasteiger partial charge is 0.100 e. The van der Waals surface area contributed by atoms with Gasteiger partial charge in [0.05, 0.1) is 19.3 Å². The summed E-state index contributed by atoms with van der Waals surface area (Å²) in [5, 5.41) is 26.3. The van der Waals surface area contributed by atoms with E-state index >= 15 is 0 Å². The van der Waals surface area contributed by atoms with Gasteiger partial charge in [-0.05, 0) is 26.2 Å². The Morgan fingerprint density at radius 2 is 1.92 bits per heavy atom. The average molecular weight is 192 g/mol. The molecule has 4 nitrogen and oxygen atoms in total. The Labute approximate surface area is 79.2 Å². The van der Waals surface area contributed by atoms with E-state index in [9.17, 15) is 0 Å². The van der Waals surface area contributed by atoms with Crippen LogP contribution in [0.4, 0.5) is 0 Å². The van der Waals surface area contributed by atoms with Gasteiger partial charge < -0.3 is 20.1 Å². The van der Waals surface area contributed by atoms with Crippen molar-refractivity contribution < 1.29 is 20.1 Å². The van der Waals surface area contributed by atoms with Crippen LogP contribution >= 0.6 is 0 Å². The molecular weight excluding hydrogens is 172 g/mol. The predicted octanol–water partition coefficient (Wildman–Crippen LogP) is -0.0927. The first kappa shape index (κ1) is 12.8. The van der Waals surface area contributed by atoms with Crippen molar-refractivity contribution in [3.63, 3.8) is 0 Å². The monoisotopic (exact) mass is 192 g/mol. The number of unbranched alkanes of at least 4 members (excludes halogenated alkanes) is 1. The van der Waals surface area contributed by atoms with Crippen LogP contribution in [0.2, 0.25) is 0 Å². The summed E-state index contributed by atoms with van der Waals surface area (Å²) in [5.41, 5.74) is 0. The van der Waals surface area contributed by atoms with Crippen molar-refractivity contribution in [2.45, 2.75) is 38.4 Å². The highest BCUT2D eigenvalue weighted by molar-refractivity contribution is 4.50. The summed E-state index contributed by atoms with van der Waals surface area (Å²) in [6.07, 6.45) is 1.57. The van der Waals surface area contributed by atoms with E-state index in [1.807, 2.05) is 0 Å². The molecule has 0 heterocycles. The summed E-state index contributed by atoms with van der Waals surface area (Å²) in [6, 6.07) is 0. The minimum absolute atomic E-state index is 0.186. The third-order valence-corrected chi connectivity index (χ3v) is 1.68. The minimum Gasteiger partial charge on any atom is -0.394 e.